The number of Topliss-reactive ketones (excluding diaryl/α,β-unsaturated/α-hetero) is 1. The fraction of sp³-hybridized carbons (Fsp3) is 0.417. The molecule has 0 saturated heterocycles. The number of nitrogens with zero attached hydrogens (tertiary/aromatic N) is 3. The van der Waals surface area contributed by atoms with Crippen LogP contribution in [0.4, 0.5) is 0 Å². The van der Waals surface area contributed by atoms with Gasteiger partial charge in [-0.3, -0.25) is 9.20 Å². The van der Waals surface area contributed by atoms with Gasteiger partial charge in [0.05, 0.1) is 12.1 Å². The van der Waals surface area contributed by atoms with Crippen molar-refractivity contribution < 1.29 is 4.79 Å². The molecule has 0 atom stereocenters. The average Bonchev–Trinajstić information content (AvgIpc) is 2.56. The Morgan fingerprint density at radius 3 is 2.81 bits per heavy atom. The minimum atomic E-state index is 0.118. The molecule has 0 radical (unpaired) electrons. The highest BCUT2D eigenvalue weighted by atomic mass is 16.1. The van der Waals surface area contributed by atoms with E-state index in [4.69, 9.17) is 0 Å². The van der Waals surface area contributed by atoms with Crippen molar-refractivity contribution in [2.45, 2.75) is 33.1 Å². The highest BCUT2D eigenvalue weighted by molar-refractivity contribution is 5.77. The number of carbonyl (C=O) groups is 1. The van der Waals surface area contributed by atoms with E-state index < -0.39 is 0 Å². The van der Waals surface area contributed by atoms with Gasteiger partial charge < -0.3 is 0 Å². The SMILES string of the molecule is CC(=O)Cc1cn2cc(C(C)C)cnc2n1. The second-order valence-electron chi connectivity index (χ2n) is 4.36. The molecule has 4 nitrogen and oxygen atoms in total. The van der Waals surface area contributed by atoms with Crippen LogP contribution in [-0.2, 0) is 11.2 Å². The summed E-state index contributed by atoms with van der Waals surface area (Å²) in [6, 6.07) is 0. The lowest BCUT2D eigenvalue weighted by atomic mass is 10.1. The largest absolute Gasteiger partial charge is 0.300 e. The molecular weight excluding hydrogens is 202 g/mol. The molecule has 0 fully saturated rings. The first-order chi connectivity index (χ1) is 7.56. The molecule has 0 amide bonds. The molecular formula is C12H15N3O. The molecule has 84 valence electrons. The summed E-state index contributed by atoms with van der Waals surface area (Å²) < 4.78 is 1.88. The van der Waals surface area contributed by atoms with Crippen LogP contribution < -0.4 is 0 Å². The van der Waals surface area contributed by atoms with Crippen molar-refractivity contribution in [2.75, 3.05) is 0 Å². The van der Waals surface area contributed by atoms with Crippen LogP contribution in [0.15, 0.2) is 18.6 Å². The van der Waals surface area contributed by atoms with Gasteiger partial charge in [-0.25, -0.2) is 9.97 Å². The number of fused-ring (bicyclic) bond motifs is 1. The molecule has 0 saturated carbocycles. The van der Waals surface area contributed by atoms with Gasteiger partial charge in [-0.15, -0.1) is 0 Å². The van der Waals surface area contributed by atoms with E-state index in [0.29, 0.717) is 18.1 Å². The van der Waals surface area contributed by atoms with Crippen LogP contribution in [0.5, 0.6) is 0 Å². The Hall–Kier alpha value is -1.71. The van der Waals surface area contributed by atoms with Gasteiger partial charge in [0.15, 0.2) is 0 Å². The van der Waals surface area contributed by atoms with E-state index >= 15 is 0 Å². The Morgan fingerprint density at radius 1 is 1.44 bits per heavy atom. The molecule has 0 spiro atoms. The van der Waals surface area contributed by atoms with Crippen LogP contribution in [0.25, 0.3) is 5.78 Å². The van der Waals surface area contributed by atoms with Crippen LogP contribution in [-0.4, -0.2) is 20.2 Å². The van der Waals surface area contributed by atoms with Crippen molar-refractivity contribution in [2.24, 2.45) is 0 Å². The van der Waals surface area contributed by atoms with Gasteiger partial charge >= 0.3 is 0 Å². The summed E-state index contributed by atoms with van der Waals surface area (Å²) in [7, 11) is 0. The van der Waals surface area contributed by atoms with Gasteiger partial charge in [0.25, 0.3) is 0 Å². The van der Waals surface area contributed by atoms with Crippen molar-refractivity contribution in [3.8, 4) is 0 Å². The van der Waals surface area contributed by atoms with E-state index in [1.807, 2.05) is 23.0 Å². The number of hydrogen-bond donors (Lipinski definition) is 0. The minimum absolute atomic E-state index is 0.118. The minimum Gasteiger partial charge on any atom is -0.300 e. The molecule has 16 heavy (non-hydrogen) atoms. The zero-order chi connectivity index (χ0) is 11.7. The molecule has 0 aromatic carbocycles. The van der Waals surface area contributed by atoms with E-state index in [1.54, 1.807) is 6.92 Å². The zero-order valence-electron chi connectivity index (χ0n) is 9.77. The van der Waals surface area contributed by atoms with E-state index in [0.717, 1.165) is 5.69 Å². The molecule has 0 unspecified atom stereocenters. The monoisotopic (exact) mass is 217 g/mol. The fourth-order valence-corrected chi connectivity index (χ4v) is 1.59. The van der Waals surface area contributed by atoms with Crippen molar-refractivity contribution in [1.29, 1.82) is 0 Å². The summed E-state index contributed by atoms with van der Waals surface area (Å²) in [5.74, 6) is 1.21. The number of rotatable bonds is 3. The van der Waals surface area contributed by atoms with Crippen LogP contribution in [0.3, 0.4) is 0 Å². The average molecular weight is 217 g/mol. The molecule has 0 bridgehead atoms. The third kappa shape index (κ3) is 2.10. The number of imidazole rings is 1. The topological polar surface area (TPSA) is 47.3 Å². The maximum atomic E-state index is 11.0. The lowest BCUT2D eigenvalue weighted by Gasteiger charge is -2.03. The summed E-state index contributed by atoms with van der Waals surface area (Å²) in [5, 5.41) is 0. The first-order valence-electron chi connectivity index (χ1n) is 5.39. The van der Waals surface area contributed by atoms with Gasteiger partial charge in [0.1, 0.15) is 5.78 Å². The first kappa shape index (κ1) is 10.8. The third-order valence-corrected chi connectivity index (χ3v) is 2.48. The van der Waals surface area contributed by atoms with Crippen LogP contribution in [0, 0.1) is 0 Å². The molecule has 0 aliphatic heterocycles. The summed E-state index contributed by atoms with van der Waals surface area (Å²) in [6.45, 7) is 5.81. The second kappa shape index (κ2) is 4.04. The Morgan fingerprint density at radius 2 is 2.19 bits per heavy atom. The Kier molecular flexibility index (Phi) is 2.73. The molecule has 2 aromatic rings. The van der Waals surface area contributed by atoms with Crippen LogP contribution in [0.2, 0.25) is 0 Å². The molecule has 2 heterocycles. The van der Waals surface area contributed by atoms with Crippen molar-refractivity contribution in [1.82, 2.24) is 14.4 Å². The second-order valence-corrected chi connectivity index (χ2v) is 4.36. The number of aromatic nitrogens is 3. The first-order valence-corrected chi connectivity index (χ1v) is 5.39. The Balaban J connectivity index is 2.41. The van der Waals surface area contributed by atoms with Gasteiger partial charge in [-0.1, -0.05) is 13.8 Å². The summed E-state index contributed by atoms with van der Waals surface area (Å²) in [4.78, 5) is 19.6. The number of carbonyl (C=O) groups excluding carboxylic acids is 1. The van der Waals surface area contributed by atoms with Crippen molar-refractivity contribution in [3.05, 3.63) is 29.8 Å². The summed E-state index contributed by atoms with van der Waals surface area (Å²) >= 11 is 0. The predicted molar refractivity (Wildman–Crippen MR) is 61.5 cm³/mol. The molecule has 4 heteroatoms. The third-order valence-electron chi connectivity index (χ3n) is 2.48. The van der Waals surface area contributed by atoms with Crippen molar-refractivity contribution in [3.63, 3.8) is 0 Å². The standard InChI is InChI=1S/C12H15N3O/c1-8(2)10-5-13-12-14-11(4-9(3)16)7-15(12)6-10/h5-8H,4H2,1-3H3. The van der Waals surface area contributed by atoms with E-state index in [1.165, 1.54) is 5.56 Å². The van der Waals surface area contributed by atoms with Gasteiger partial charge in [-0.2, -0.15) is 0 Å². The number of hydrogen-bond acceptors (Lipinski definition) is 3. The summed E-state index contributed by atoms with van der Waals surface area (Å²) in [6.07, 6.45) is 6.10. The van der Waals surface area contributed by atoms with Crippen LogP contribution in [0.1, 0.15) is 37.9 Å². The van der Waals surface area contributed by atoms with Gasteiger partial charge in [-0.05, 0) is 18.4 Å². The maximum absolute atomic E-state index is 11.0. The highest BCUT2D eigenvalue weighted by Crippen LogP contribution is 2.13. The predicted octanol–water partition coefficient (Wildman–Crippen LogP) is 1.98. The zero-order valence-corrected chi connectivity index (χ0v) is 9.77. The highest BCUT2D eigenvalue weighted by Gasteiger charge is 2.06. The maximum Gasteiger partial charge on any atom is 0.233 e. The Bertz CT molecular complexity index is 528. The smallest absolute Gasteiger partial charge is 0.233 e. The van der Waals surface area contributed by atoms with E-state index in [2.05, 4.69) is 23.8 Å². The van der Waals surface area contributed by atoms with Gasteiger partial charge in [0, 0.05) is 18.6 Å². The summed E-state index contributed by atoms with van der Waals surface area (Å²) in [5.41, 5.74) is 1.94. The normalized spacial score (nSPS) is 11.2. The van der Waals surface area contributed by atoms with E-state index in [-0.39, 0.29) is 5.78 Å². The fourth-order valence-electron chi connectivity index (χ4n) is 1.59. The van der Waals surface area contributed by atoms with Crippen molar-refractivity contribution >= 4 is 11.6 Å². The molecule has 2 rings (SSSR count). The molecule has 2 aromatic heterocycles. The molecule has 0 N–H and O–H groups in total. The number of ketones is 1. The quantitative estimate of drug-likeness (QED) is 0.789. The lowest BCUT2D eigenvalue weighted by molar-refractivity contribution is -0.116. The Labute approximate surface area is 94.3 Å². The van der Waals surface area contributed by atoms with E-state index in [9.17, 15) is 4.79 Å². The van der Waals surface area contributed by atoms with Gasteiger partial charge in [0.2, 0.25) is 5.78 Å². The lowest BCUT2D eigenvalue weighted by Crippen LogP contribution is -1.95. The van der Waals surface area contributed by atoms with Crippen LogP contribution >= 0.6 is 0 Å². The molecule has 0 aliphatic rings. The molecule has 0 aliphatic carbocycles.